The molecule has 0 radical (unpaired) electrons. The lowest BCUT2D eigenvalue weighted by Crippen LogP contribution is -2.16. The van der Waals surface area contributed by atoms with E-state index in [9.17, 15) is 4.79 Å². The van der Waals surface area contributed by atoms with Crippen LogP contribution in [0.3, 0.4) is 0 Å². The van der Waals surface area contributed by atoms with Crippen molar-refractivity contribution in [1.82, 2.24) is 14.8 Å². The first-order valence-electron chi connectivity index (χ1n) is 9.99. The van der Waals surface area contributed by atoms with Crippen molar-refractivity contribution in [2.45, 2.75) is 71.0 Å². The smallest absolute Gasteiger partial charge is 0.234 e. The van der Waals surface area contributed by atoms with Crippen LogP contribution >= 0.6 is 11.8 Å². The summed E-state index contributed by atoms with van der Waals surface area (Å²) in [5.74, 6) is 2.15. The van der Waals surface area contributed by atoms with Gasteiger partial charge in [-0.15, -0.1) is 10.2 Å². The molecule has 1 aromatic carbocycles. The summed E-state index contributed by atoms with van der Waals surface area (Å²) in [4.78, 5) is 12.4. The van der Waals surface area contributed by atoms with Crippen molar-refractivity contribution in [2.24, 2.45) is 5.92 Å². The first-order valence-corrected chi connectivity index (χ1v) is 11.0. The van der Waals surface area contributed by atoms with Gasteiger partial charge in [0.25, 0.3) is 0 Å². The molecule has 27 heavy (non-hydrogen) atoms. The highest BCUT2D eigenvalue weighted by Crippen LogP contribution is 2.28. The zero-order chi connectivity index (χ0) is 19.2. The Balaban J connectivity index is 1.59. The number of aromatic nitrogens is 3. The Bertz CT molecular complexity index is 760. The van der Waals surface area contributed by atoms with Crippen LogP contribution in [0.4, 0.5) is 5.69 Å². The van der Waals surface area contributed by atoms with E-state index in [0.29, 0.717) is 5.75 Å². The molecule has 1 aliphatic carbocycles. The van der Waals surface area contributed by atoms with Gasteiger partial charge in [0.2, 0.25) is 5.91 Å². The van der Waals surface area contributed by atoms with E-state index >= 15 is 0 Å². The monoisotopic (exact) mass is 386 g/mol. The third-order valence-electron chi connectivity index (χ3n) is 5.38. The number of carbonyl (C=O) groups excluding carboxylic acids is 1. The molecule has 1 N–H and O–H groups in total. The highest BCUT2D eigenvalue weighted by atomic mass is 32.2. The molecule has 3 rings (SSSR count). The van der Waals surface area contributed by atoms with Crippen LogP contribution in [0.5, 0.6) is 0 Å². The molecule has 1 saturated carbocycles. The first kappa shape index (κ1) is 19.9. The van der Waals surface area contributed by atoms with Crippen molar-refractivity contribution in [2.75, 3.05) is 11.1 Å². The van der Waals surface area contributed by atoms with Gasteiger partial charge in [-0.1, -0.05) is 62.1 Å². The van der Waals surface area contributed by atoms with Gasteiger partial charge in [-0.2, -0.15) is 0 Å². The summed E-state index contributed by atoms with van der Waals surface area (Å²) >= 11 is 1.47. The molecule has 1 fully saturated rings. The maximum Gasteiger partial charge on any atom is 0.234 e. The van der Waals surface area contributed by atoms with Gasteiger partial charge in [-0.3, -0.25) is 4.79 Å². The minimum atomic E-state index is -0.00289. The molecule has 0 atom stereocenters. The third kappa shape index (κ3) is 5.12. The summed E-state index contributed by atoms with van der Waals surface area (Å²) in [5, 5.41) is 12.7. The average Bonchev–Trinajstić information content (AvgIpc) is 3.05. The average molecular weight is 387 g/mol. The predicted octanol–water partition coefficient (Wildman–Crippen LogP) is 4.77. The van der Waals surface area contributed by atoms with Gasteiger partial charge in [0.1, 0.15) is 5.82 Å². The normalized spacial score (nSPS) is 15.1. The molecule has 1 amide bonds. The van der Waals surface area contributed by atoms with Crippen molar-refractivity contribution in [3.05, 3.63) is 35.2 Å². The molecule has 5 nitrogen and oxygen atoms in total. The van der Waals surface area contributed by atoms with E-state index in [1.165, 1.54) is 43.9 Å². The molecule has 1 aliphatic rings. The summed E-state index contributed by atoms with van der Waals surface area (Å²) in [6.45, 7) is 6.99. The first-order chi connectivity index (χ1) is 13.1. The van der Waals surface area contributed by atoms with Gasteiger partial charge in [-0.25, -0.2) is 0 Å². The second-order valence-electron chi connectivity index (χ2n) is 7.45. The Labute approximate surface area is 166 Å². The number of carbonyl (C=O) groups is 1. The Morgan fingerprint density at radius 3 is 2.56 bits per heavy atom. The molecule has 0 aliphatic heterocycles. The van der Waals surface area contributed by atoms with Crippen molar-refractivity contribution in [3.63, 3.8) is 0 Å². The van der Waals surface area contributed by atoms with Crippen LogP contribution in [-0.4, -0.2) is 26.4 Å². The van der Waals surface area contributed by atoms with Gasteiger partial charge in [0.15, 0.2) is 5.16 Å². The van der Waals surface area contributed by atoms with Gasteiger partial charge in [0, 0.05) is 18.7 Å². The van der Waals surface area contributed by atoms with E-state index in [2.05, 4.69) is 27.0 Å². The van der Waals surface area contributed by atoms with Crippen molar-refractivity contribution >= 4 is 23.4 Å². The van der Waals surface area contributed by atoms with Crippen LogP contribution in [0.1, 0.15) is 56.0 Å². The Morgan fingerprint density at radius 1 is 1.19 bits per heavy atom. The molecule has 0 spiro atoms. The third-order valence-corrected chi connectivity index (χ3v) is 6.35. The maximum absolute atomic E-state index is 12.4. The van der Waals surface area contributed by atoms with E-state index in [4.69, 9.17) is 0 Å². The molecule has 146 valence electrons. The van der Waals surface area contributed by atoms with Crippen LogP contribution in [0, 0.1) is 19.8 Å². The van der Waals surface area contributed by atoms with Crippen molar-refractivity contribution in [3.8, 4) is 0 Å². The van der Waals surface area contributed by atoms with Crippen LogP contribution in [0.2, 0.25) is 0 Å². The number of thioether (sulfide) groups is 1. The lowest BCUT2D eigenvalue weighted by Gasteiger charge is -2.21. The number of rotatable bonds is 7. The van der Waals surface area contributed by atoms with E-state index < -0.39 is 0 Å². The number of para-hydroxylation sites is 1. The van der Waals surface area contributed by atoms with E-state index in [-0.39, 0.29) is 5.91 Å². The van der Waals surface area contributed by atoms with Crippen LogP contribution in [-0.2, 0) is 17.8 Å². The quantitative estimate of drug-likeness (QED) is 0.697. The van der Waals surface area contributed by atoms with Crippen LogP contribution < -0.4 is 5.32 Å². The second-order valence-corrected chi connectivity index (χ2v) is 8.40. The number of aryl methyl sites for hydroxylation is 2. The molecule has 1 heterocycles. The van der Waals surface area contributed by atoms with Gasteiger partial charge in [0.05, 0.1) is 5.75 Å². The minimum Gasteiger partial charge on any atom is -0.325 e. The Hall–Kier alpha value is -1.82. The molecule has 0 saturated heterocycles. The number of benzene rings is 1. The second kappa shape index (κ2) is 9.40. The predicted molar refractivity (Wildman–Crippen MR) is 111 cm³/mol. The number of nitrogens with zero attached hydrogens (tertiary/aromatic N) is 3. The van der Waals surface area contributed by atoms with Crippen molar-refractivity contribution < 1.29 is 4.79 Å². The maximum atomic E-state index is 12.4. The molecule has 2 aromatic rings. The summed E-state index contributed by atoms with van der Waals surface area (Å²) in [6.07, 6.45) is 7.66. The molecule has 0 bridgehead atoms. The lowest BCUT2D eigenvalue weighted by atomic mass is 9.87. The summed E-state index contributed by atoms with van der Waals surface area (Å²) in [6, 6.07) is 6.04. The summed E-state index contributed by atoms with van der Waals surface area (Å²) in [5.41, 5.74) is 3.08. The standard InChI is InChI=1S/C21H30N4OS/c1-4-25-18(13-17-11-6-5-7-12-17)23-24-21(25)27-14-19(26)22-20-15(2)9-8-10-16(20)3/h8-10,17H,4-7,11-14H2,1-3H3,(H,22,26). The molecule has 6 heteroatoms. The topological polar surface area (TPSA) is 59.8 Å². The van der Waals surface area contributed by atoms with Crippen LogP contribution in [0.15, 0.2) is 23.4 Å². The number of nitrogens with one attached hydrogen (secondary N) is 1. The summed E-state index contributed by atoms with van der Waals surface area (Å²) < 4.78 is 2.17. The molecule has 1 aromatic heterocycles. The van der Waals surface area contributed by atoms with E-state index in [0.717, 1.165) is 46.7 Å². The zero-order valence-corrected chi connectivity index (χ0v) is 17.4. The fourth-order valence-corrected chi connectivity index (χ4v) is 4.68. The Kier molecular flexibility index (Phi) is 6.94. The van der Waals surface area contributed by atoms with E-state index in [1.807, 2.05) is 32.0 Å². The van der Waals surface area contributed by atoms with E-state index in [1.54, 1.807) is 0 Å². The number of anilines is 1. The van der Waals surface area contributed by atoms with Crippen molar-refractivity contribution in [1.29, 1.82) is 0 Å². The largest absolute Gasteiger partial charge is 0.325 e. The van der Waals surface area contributed by atoms with Gasteiger partial charge in [-0.05, 0) is 37.8 Å². The fraction of sp³-hybridized carbons (Fsp3) is 0.571. The Morgan fingerprint density at radius 2 is 1.89 bits per heavy atom. The minimum absolute atomic E-state index is 0.00289. The van der Waals surface area contributed by atoms with Gasteiger partial charge < -0.3 is 9.88 Å². The highest BCUT2D eigenvalue weighted by Gasteiger charge is 2.19. The number of hydrogen-bond acceptors (Lipinski definition) is 4. The molecular formula is C21H30N4OS. The lowest BCUT2D eigenvalue weighted by molar-refractivity contribution is -0.113. The zero-order valence-electron chi connectivity index (χ0n) is 16.6. The molecule has 0 unspecified atom stereocenters. The number of hydrogen-bond donors (Lipinski definition) is 1. The fourth-order valence-electron chi connectivity index (χ4n) is 3.86. The van der Waals surface area contributed by atoms with Crippen LogP contribution in [0.25, 0.3) is 0 Å². The SMILES string of the molecule is CCn1c(CC2CCCCC2)nnc1SCC(=O)Nc1c(C)cccc1C. The molecular weight excluding hydrogens is 356 g/mol. The van der Waals surface area contributed by atoms with Gasteiger partial charge >= 0.3 is 0 Å². The summed E-state index contributed by atoms with van der Waals surface area (Å²) in [7, 11) is 0. The number of amides is 1. The highest BCUT2D eigenvalue weighted by molar-refractivity contribution is 7.99.